The van der Waals surface area contributed by atoms with E-state index < -0.39 is 20.4 Å². The summed E-state index contributed by atoms with van der Waals surface area (Å²) in [5.74, 6) is 5.22. The van der Waals surface area contributed by atoms with Crippen LogP contribution in [-0.4, -0.2) is 38.7 Å². The van der Waals surface area contributed by atoms with Gasteiger partial charge in [-0.05, 0) is 24.1 Å². The van der Waals surface area contributed by atoms with Crippen LogP contribution >= 0.6 is 0 Å². The Morgan fingerprint density at radius 2 is 1.55 bits per heavy atom. The summed E-state index contributed by atoms with van der Waals surface area (Å²) in [7, 11) is -7.76. The largest absolute Gasteiger partial charge is 0.394 e. The molecule has 116 valence electrons. The molecule has 1 aromatic rings. The van der Waals surface area contributed by atoms with E-state index in [1.165, 1.54) is 0 Å². The minimum atomic E-state index is -4.67. The van der Waals surface area contributed by atoms with Gasteiger partial charge in [0.05, 0.1) is 6.26 Å². The minimum absolute atomic E-state index is 0.411. The van der Waals surface area contributed by atoms with Gasteiger partial charge in [-0.3, -0.25) is 14.9 Å². The Kier molecular flexibility index (Phi) is 7.63. The molecule has 0 saturated carbocycles. The lowest BCUT2D eigenvalue weighted by Crippen LogP contribution is -2.24. The molecule has 11 heteroatoms. The van der Waals surface area contributed by atoms with Crippen molar-refractivity contribution in [2.24, 2.45) is 5.84 Å². The summed E-state index contributed by atoms with van der Waals surface area (Å²) in [6.07, 6.45) is 1.81. The molecule has 0 fully saturated rings. The van der Waals surface area contributed by atoms with Gasteiger partial charge in [-0.2, -0.15) is 8.42 Å². The highest BCUT2D eigenvalue weighted by atomic mass is 32.3. The van der Waals surface area contributed by atoms with Crippen LogP contribution in [0.2, 0.25) is 0 Å². The Morgan fingerprint density at radius 1 is 1.10 bits per heavy atom. The summed E-state index contributed by atoms with van der Waals surface area (Å²) in [4.78, 5) is 0. The van der Waals surface area contributed by atoms with E-state index in [9.17, 15) is 8.42 Å². The smallest absolute Gasteiger partial charge is 0.324 e. The molecule has 20 heavy (non-hydrogen) atoms. The number of benzene rings is 1. The molecule has 0 bridgehead atoms. The van der Waals surface area contributed by atoms with Gasteiger partial charge in [-0.1, -0.05) is 12.1 Å². The van der Waals surface area contributed by atoms with Gasteiger partial charge < -0.3 is 5.43 Å². The molecule has 0 atom stereocenters. The molecule has 0 heterocycles. The number of anilines is 1. The standard InChI is InChI=1S/C9H15N3O2S.H2O4S/c1-15(13,14)11-7-6-8-2-4-9(12-10)5-3-8;1-5(2,3)4/h2-5,11-12H,6-7,10H2,1H3;(H2,1,2,3,4). The highest BCUT2D eigenvalue weighted by Gasteiger charge is 1.99. The van der Waals surface area contributed by atoms with Crippen molar-refractivity contribution in [1.29, 1.82) is 0 Å². The lowest BCUT2D eigenvalue weighted by Gasteiger charge is -2.04. The van der Waals surface area contributed by atoms with Crippen LogP contribution in [0, 0.1) is 0 Å². The van der Waals surface area contributed by atoms with Gasteiger partial charge in [0.2, 0.25) is 10.0 Å². The fourth-order valence-electron chi connectivity index (χ4n) is 1.15. The fraction of sp³-hybridized carbons (Fsp3) is 0.333. The summed E-state index contributed by atoms with van der Waals surface area (Å²) in [5.41, 5.74) is 4.41. The number of sulfonamides is 1. The summed E-state index contributed by atoms with van der Waals surface area (Å²) in [6.45, 7) is 0.411. The first-order chi connectivity index (χ1) is 9.01. The predicted octanol–water partition coefficient (Wildman–Crippen LogP) is -0.589. The lowest BCUT2D eigenvalue weighted by atomic mass is 10.1. The fourth-order valence-corrected chi connectivity index (χ4v) is 1.62. The number of nitrogen functional groups attached to an aromatic ring is 1. The summed E-state index contributed by atoms with van der Waals surface area (Å²) < 4.78 is 55.6. The maximum Gasteiger partial charge on any atom is 0.394 e. The van der Waals surface area contributed by atoms with Crippen LogP contribution in [0.4, 0.5) is 5.69 Å². The van der Waals surface area contributed by atoms with Gasteiger partial charge in [-0.15, -0.1) is 0 Å². The van der Waals surface area contributed by atoms with Gasteiger partial charge >= 0.3 is 10.4 Å². The molecule has 1 aromatic carbocycles. The number of hydrogen-bond donors (Lipinski definition) is 5. The molecule has 0 aliphatic rings. The molecule has 6 N–H and O–H groups in total. The van der Waals surface area contributed by atoms with Gasteiger partial charge in [0.25, 0.3) is 0 Å². The lowest BCUT2D eigenvalue weighted by molar-refractivity contribution is 0.381. The van der Waals surface area contributed by atoms with E-state index in [0.29, 0.717) is 13.0 Å². The molecule has 0 unspecified atom stereocenters. The second kappa shape index (κ2) is 8.14. The number of hydrazine groups is 1. The van der Waals surface area contributed by atoms with Gasteiger partial charge in [0, 0.05) is 12.2 Å². The Balaban J connectivity index is 0.000000621. The highest BCUT2D eigenvalue weighted by molar-refractivity contribution is 7.88. The molecule has 0 aliphatic heterocycles. The topological polar surface area (TPSA) is 159 Å². The number of hydrogen-bond acceptors (Lipinski definition) is 6. The monoisotopic (exact) mass is 327 g/mol. The van der Waals surface area contributed by atoms with Crippen molar-refractivity contribution in [3.63, 3.8) is 0 Å². The van der Waals surface area contributed by atoms with Gasteiger partial charge in [0.1, 0.15) is 0 Å². The third kappa shape index (κ3) is 13.2. The Labute approximate surface area is 117 Å². The van der Waals surface area contributed by atoms with Crippen molar-refractivity contribution >= 4 is 26.1 Å². The first kappa shape index (κ1) is 18.8. The van der Waals surface area contributed by atoms with Gasteiger partial charge in [0.15, 0.2) is 0 Å². The first-order valence-electron chi connectivity index (χ1n) is 5.21. The summed E-state index contributed by atoms with van der Waals surface area (Å²) >= 11 is 0. The second-order valence-corrected chi connectivity index (χ2v) is 6.43. The third-order valence-electron chi connectivity index (χ3n) is 1.90. The van der Waals surface area contributed by atoms with E-state index in [1.807, 2.05) is 24.3 Å². The molecule has 0 saturated heterocycles. The Hall–Kier alpha value is -1.24. The van der Waals surface area contributed by atoms with E-state index in [4.69, 9.17) is 23.4 Å². The van der Waals surface area contributed by atoms with Crippen molar-refractivity contribution in [2.45, 2.75) is 6.42 Å². The maximum absolute atomic E-state index is 10.8. The highest BCUT2D eigenvalue weighted by Crippen LogP contribution is 2.07. The molecule has 0 spiro atoms. The van der Waals surface area contributed by atoms with E-state index in [2.05, 4.69) is 10.1 Å². The van der Waals surface area contributed by atoms with Crippen LogP contribution in [0.15, 0.2) is 24.3 Å². The molecular weight excluding hydrogens is 310 g/mol. The molecular formula is C9H17N3O6S2. The van der Waals surface area contributed by atoms with Crippen LogP contribution < -0.4 is 16.0 Å². The van der Waals surface area contributed by atoms with Crippen LogP contribution in [0.1, 0.15) is 5.56 Å². The van der Waals surface area contributed by atoms with Crippen LogP contribution in [-0.2, 0) is 26.8 Å². The van der Waals surface area contributed by atoms with Gasteiger partial charge in [-0.25, -0.2) is 13.1 Å². The van der Waals surface area contributed by atoms with Crippen molar-refractivity contribution in [1.82, 2.24) is 4.72 Å². The summed E-state index contributed by atoms with van der Waals surface area (Å²) in [5, 5.41) is 0. The molecule has 0 aliphatic carbocycles. The molecule has 0 amide bonds. The zero-order valence-electron chi connectivity index (χ0n) is 10.6. The van der Waals surface area contributed by atoms with E-state index in [1.54, 1.807) is 0 Å². The molecule has 0 radical (unpaired) electrons. The van der Waals surface area contributed by atoms with Crippen molar-refractivity contribution in [3.05, 3.63) is 29.8 Å². The number of rotatable bonds is 5. The van der Waals surface area contributed by atoms with Crippen LogP contribution in [0.3, 0.4) is 0 Å². The molecule has 0 aromatic heterocycles. The average molecular weight is 327 g/mol. The Morgan fingerprint density at radius 3 is 1.90 bits per heavy atom. The Bertz CT molecular complexity index is 589. The maximum atomic E-state index is 10.8. The van der Waals surface area contributed by atoms with E-state index >= 15 is 0 Å². The van der Waals surface area contributed by atoms with E-state index in [0.717, 1.165) is 17.5 Å². The zero-order valence-corrected chi connectivity index (χ0v) is 12.3. The quantitative estimate of drug-likeness (QED) is 0.272. The third-order valence-corrected chi connectivity index (χ3v) is 2.63. The first-order valence-corrected chi connectivity index (χ1v) is 8.50. The minimum Gasteiger partial charge on any atom is -0.324 e. The zero-order chi connectivity index (χ0) is 15.8. The van der Waals surface area contributed by atoms with Crippen LogP contribution in [0.25, 0.3) is 0 Å². The van der Waals surface area contributed by atoms with E-state index in [-0.39, 0.29) is 0 Å². The number of nitrogens with two attached hydrogens (primary N) is 1. The molecule has 9 nitrogen and oxygen atoms in total. The normalized spacial score (nSPS) is 11.4. The average Bonchev–Trinajstić information content (AvgIpc) is 2.26. The van der Waals surface area contributed by atoms with Crippen molar-refractivity contribution in [2.75, 3.05) is 18.2 Å². The SMILES string of the molecule is CS(=O)(=O)NCCc1ccc(NN)cc1.O=S(=O)(O)O. The predicted molar refractivity (Wildman–Crippen MR) is 75.0 cm³/mol. The van der Waals surface area contributed by atoms with Crippen molar-refractivity contribution in [3.8, 4) is 0 Å². The molecule has 1 rings (SSSR count). The van der Waals surface area contributed by atoms with Crippen LogP contribution in [0.5, 0.6) is 0 Å². The van der Waals surface area contributed by atoms with Crippen molar-refractivity contribution < 1.29 is 25.9 Å². The second-order valence-electron chi connectivity index (χ2n) is 3.71. The number of nitrogens with one attached hydrogen (secondary N) is 2. The summed E-state index contributed by atoms with van der Waals surface area (Å²) in [6, 6.07) is 7.49.